The van der Waals surface area contributed by atoms with Crippen molar-refractivity contribution in [3.8, 4) is 0 Å². The van der Waals surface area contributed by atoms with Crippen molar-refractivity contribution in [1.82, 2.24) is 4.90 Å². The quantitative estimate of drug-likeness (QED) is 0.818. The molecule has 0 aromatic heterocycles. The highest BCUT2D eigenvalue weighted by Gasteiger charge is 2.21. The number of hydrogen-bond donors (Lipinski definition) is 0. The minimum absolute atomic E-state index is 0.156. The average molecular weight is 365 g/mol. The molecule has 1 saturated heterocycles. The molecule has 0 N–H and O–H groups in total. The molecule has 1 aliphatic rings. The molecule has 1 heterocycles. The van der Waals surface area contributed by atoms with Crippen molar-refractivity contribution < 1.29 is 8.42 Å². The Morgan fingerprint density at radius 1 is 0.875 bits per heavy atom. The molecule has 0 radical (unpaired) electrons. The van der Waals surface area contributed by atoms with Crippen molar-refractivity contribution in [2.24, 2.45) is 0 Å². The number of halogens is 1. The first-order valence-electron chi connectivity index (χ1n) is 8.06. The van der Waals surface area contributed by atoms with E-state index in [0.29, 0.717) is 11.4 Å². The van der Waals surface area contributed by atoms with Gasteiger partial charge in [-0.1, -0.05) is 41.9 Å². The number of para-hydroxylation sites is 1. The molecule has 128 valence electrons. The molecule has 6 heteroatoms. The van der Waals surface area contributed by atoms with Gasteiger partial charge in [0.1, 0.15) is 0 Å². The molecular weight excluding hydrogens is 344 g/mol. The highest BCUT2D eigenvalue weighted by atomic mass is 35.5. The fraction of sp³-hybridized carbons (Fsp3) is 0.333. The molecule has 0 spiro atoms. The third kappa shape index (κ3) is 4.09. The summed E-state index contributed by atoms with van der Waals surface area (Å²) in [5.74, 6) is 0.156. The monoisotopic (exact) mass is 364 g/mol. The number of piperazine rings is 1. The number of benzene rings is 2. The lowest BCUT2D eigenvalue weighted by atomic mass is 10.2. The standard InChI is InChI=1S/C18H21ClN2O2S/c19-17-8-4-5-9-18(17)21-12-10-20(11-13-21)14-15-24(22,23)16-6-2-1-3-7-16/h1-9H,10-15H2. The molecule has 1 aliphatic heterocycles. The van der Waals surface area contributed by atoms with Gasteiger partial charge in [-0.05, 0) is 24.3 Å². The summed E-state index contributed by atoms with van der Waals surface area (Å²) in [6, 6.07) is 16.5. The van der Waals surface area contributed by atoms with Gasteiger partial charge in [0.2, 0.25) is 0 Å². The lowest BCUT2D eigenvalue weighted by Gasteiger charge is -2.36. The Morgan fingerprint density at radius 2 is 1.50 bits per heavy atom. The van der Waals surface area contributed by atoms with E-state index < -0.39 is 9.84 Å². The van der Waals surface area contributed by atoms with Gasteiger partial charge in [0.05, 0.1) is 21.4 Å². The van der Waals surface area contributed by atoms with Gasteiger partial charge in [0, 0.05) is 32.7 Å². The summed E-state index contributed by atoms with van der Waals surface area (Å²) >= 11 is 6.25. The van der Waals surface area contributed by atoms with Gasteiger partial charge < -0.3 is 4.90 Å². The topological polar surface area (TPSA) is 40.6 Å². The second-order valence-corrected chi connectivity index (χ2v) is 8.43. The molecule has 4 nitrogen and oxygen atoms in total. The Labute approximate surface area is 148 Å². The van der Waals surface area contributed by atoms with Crippen LogP contribution in [-0.2, 0) is 9.84 Å². The molecule has 0 atom stereocenters. The first-order valence-corrected chi connectivity index (χ1v) is 10.1. The minimum Gasteiger partial charge on any atom is -0.368 e. The van der Waals surface area contributed by atoms with Gasteiger partial charge in [0.15, 0.2) is 9.84 Å². The van der Waals surface area contributed by atoms with Gasteiger partial charge in [-0.3, -0.25) is 4.90 Å². The van der Waals surface area contributed by atoms with Crippen LogP contribution in [0.1, 0.15) is 0 Å². The van der Waals surface area contributed by atoms with Crippen LogP contribution in [0.15, 0.2) is 59.5 Å². The van der Waals surface area contributed by atoms with Crippen LogP contribution >= 0.6 is 11.6 Å². The van der Waals surface area contributed by atoms with E-state index in [4.69, 9.17) is 11.6 Å². The van der Waals surface area contributed by atoms with Crippen molar-refractivity contribution in [2.75, 3.05) is 43.4 Å². The fourth-order valence-electron chi connectivity index (χ4n) is 2.92. The largest absolute Gasteiger partial charge is 0.368 e. The zero-order chi connectivity index (χ0) is 17.0. The van der Waals surface area contributed by atoms with Crippen LogP contribution < -0.4 is 4.90 Å². The van der Waals surface area contributed by atoms with Crippen molar-refractivity contribution in [3.05, 3.63) is 59.6 Å². The second-order valence-electron chi connectivity index (χ2n) is 5.91. The minimum atomic E-state index is -3.21. The Hall–Kier alpha value is -1.56. The molecule has 3 rings (SSSR count). The van der Waals surface area contributed by atoms with Gasteiger partial charge in [-0.2, -0.15) is 0 Å². The number of anilines is 1. The molecule has 0 aliphatic carbocycles. The van der Waals surface area contributed by atoms with Crippen LogP contribution in [0.4, 0.5) is 5.69 Å². The highest BCUT2D eigenvalue weighted by Crippen LogP contribution is 2.26. The Morgan fingerprint density at radius 3 is 2.17 bits per heavy atom. The molecule has 2 aromatic carbocycles. The van der Waals surface area contributed by atoms with E-state index >= 15 is 0 Å². The number of rotatable bonds is 5. The van der Waals surface area contributed by atoms with Crippen LogP contribution in [-0.4, -0.2) is 51.8 Å². The summed E-state index contributed by atoms with van der Waals surface area (Å²) in [4.78, 5) is 4.86. The summed E-state index contributed by atoms with van der Waals surface area (Å²) in [5.41, 5.74) is 1.05. The number of hydrogen-bond acceptors (Lipinski definition) is 4. The predicted molar refractivity (Wildman–Crippen MR) is 98.6 cm³/mol. The zero-order valence-electron chi connectivity index (χ0n) is 13.4. The third-order valence-electron chi connectivity index (χ3n) is 4.34. The highest BCUT2D eigenvalue weighted by molar-refractivity contribution is 7.91. The average Bonchev–Trinajstić information content (AvgIpc) is 2.62. The van der Waals surface area contributed by atoms with Gasteiger partial charge in [-0.25, -0.2) is 8.42 Å². The molecule has 0 unspecified atom stereocenters. The fourth-order valence-corrected chi connectivity index (χ4v) is 4.48. The van der Waals surface area contributed by atoms with E-state index in [1.165, 1.54) is 0 Å². The van der Waals surface area contributed by atoms with Crippen molar-refractivity contribution >= 4 is 27.1 Å². The predicted octanol–water partition coefficient (Wildman–Crippen LogP) is 2.94. The van der Waals surface area contributed by atoms with E-state index in [1.54, 1.807) is 24.3 Å². The normalized spacial score (nSPS) is 16.3. The van der Waals surface area contributed by atoms with Crippen LogP contribution in [0.3, 0.4) is 0 Å². The van der Waals surface area contributed by atoms with Crippen molar-refractivity contribution in [2.45, 2.75) is 4.90 Å². The SMILES string of the molecule is O=S(=O)(CCN1CCN(c2ccccc2Cl)CC1)c1ccccc1. The smallest absolute Gasteiger partial charge is 0.179 e. The molecule has 24 heavy (non-hydrogen) atoms. The molecule has 2 aromatic rings. The second kappa shape index (κ2) is 7.55. The maximum atomic E-state index is 12.4. The summed E-state index contributed by atoms with van der Waals surface area (Å²) in [7, 11) is -3.21. The number of nitrogens with zero attached hydrogens (tertiary/aromatic N) is 2. The summed E-state index contributed by atoms with van der Waals surface area (Å²) in [6.07, 6.45) is 0. The summed E-state index contributed by atoms with van der Waals surface area (Å²) in [5, 5.41) is 0.762. The van der Waals surface area contributed by atoms with E-state index in [-0.39, 0.29) is 5.75 Å². The first-order chi connectivity index (χ1) is 11.6. The summed E-state index contributed by atoms with van der Waals surface area (Å²) < 4.78 is 24.7. The summed E-state index contributed by atoms with van der Waals surface area (Å²) in [6.45, 7) is 3.96. The van der Waals surface area contributed by atoms with Crippen LogP contribution in [0, 0.1) is 0 Å². The molecule has 0 saturated carbocycles. The number of sulfone groups is 1. The van der Waals surface area contributed by atoms with E-state index in [9.17, 15) is 8.42 Å². The van der Waals surface area contributed by atoms with Crippen LogP contribution in [0.25, 0.3) is 0 Å². The van der Waals surface area contributed by atoms with Gasteiger partial charge in [-0.15, -0.1) is 0 Å². The maximum Gasteiger partial charge on any atom is 0.179 e. The van der Waals surface area contributed by atoms with E-state index in [1.807, 2.05) is 30.3 Å². The van der Waals surface area contributed by atoms with Crippen LogP contribution in [0.5, 0.6) is 0 Å². The Bertz CT molecular complexity index is 773. The van der Waals surface area contributed by atoms with Gasteiger partial charge >= 0.3 is 0 Å². The Balaban J connectivity index is 1.54. The Kier molecular flexibility index (Phi) is 5.43. The molecular formula is C18H21ClN2O2S. The van der Waals surface area contributed by atoms with Crippen molar-refractivity contribution in [3.63, 3.8) is 0 Å². The van der Waals surface area contributed by atoms with E-state index in [2.05, 4.69) is 9.80 Å². The van der Waals surface area contributed by atoms with Crippen molar-refractivity contribution in [1.29, 1.82) is 0 Å². The zero-order valence-corrected chi connectivity index (χ0v) is 15.0. The van der Waals surface area contributed by atoms with E-state index in [0.717, 1.165) is 36.9 Å². The molecule has 1 fully saturated rings. The lowest BCUT2D eigenvalue weighted by molar-refractivity contribution is 0.272. The molecule has 0 amide bonds. The van der Waals surface area contributed by atoms with Crippen LogP contribution in [0.2, 0.25) is 5.02 Å². The third-order valence-corrected chi connectivity index (χ3v) is 6.37. The first kappa shape index (κ1) is 17.3. The lowest BCUT2D eigenvalue weighted by Crippen LogP contribution is -2.47. The molecule has 0 bridgehead atoms. The maximum absolute atomic E-state index is 12.4. The van der Waals surface area contributed by atoms with Gasteiger partial charge in [0.25, 0.3) is 0 Å².